The smallest absolute Gasteiger partial charge is 0.271 e. The van der Waals surface area contributed by atoms with E-state index in [9.17, 15) is 10.1 Å². The highest BCUT2D eigenvalue weighted by atomic mass is 35.5. The molecule has 0 radical (unpaired) electrons. The fourth-order valence-electron chi connectivity index (χ4n) is 4.37. The van der Waals surface area contributed by atoms with Crippen molar-refractivity contribution in [3.63, 3.8) is 0 Å². The molecule has 4 aromatic rings. The van der Waals surface area contributed by atoms with Gasteiger partial charge >= 0.3 is 0 Å². The second kappa shape index (κ2) is 9.36. The van der Waals surface area contributed by atoms with E-state index < -0.39 is 4.92 Å². The van der Waals surface area contributed by atoms with Crippen LogP contribution in [0.15, 0.2) is 85.2 Å². The number of halogens is 1. The van der Waals surface area contributed by atoms with E-state index in [2.05, 4.69) is 10.3 Å². The van der Waals surface area contributed by atoms with E-state index in [1.54, 1.807) is 31.5 Å². The van der Waals surface area contributed by atoms with Gasteiger partial charge in [0.05, 0.1) is 34.5 Å². The number of nitrogens with zero attached hydrogens (tertiary/aromatic N) is 4. The lowest BCUT2D eigenvalue weighted by atomic mass is 10.0. The first-order valence-electron chi connectivity index (χ1n) is 10.7. The second-order valence-electron chi connectivity index (χ2n) is 7.90. The van der Waals surface area contributed by atoms with Crippen LogP contribution in [0.4, 0.5) is 11.4 Å². The van der Waals surface area contributed by atoms with Crippen molar-refractivity contribution in [1.29, 1.82) is 0 Å². The number of rotatable bonds is 6. The Morgan fingerprint density at radius 2 is 1.94 bits per heavy atom. The van der Waals surface area contributed by atoms with Crippen molar-refractivity contribution in [2.75, 3.05) is 12.0 Å². The summed E-state index contributed by atoms with van der Waals surface area (Å²) in [5.41, 5.74) is 3.16. The molecular formula is C25H20ClN5O3S. The number of thiocarbonyl (C=S) groups is 1. The minimum Gasteiger partial charge on any atom is -0.495 e. The van der Waals surface area contributed by atoms with Crippen molar-refractivity contribution in [1.82, 2.24) is 14.9 Å². The van der Waals surface area contributed by atoms with Crippen molar-refractivity contribution in [2.24, 2.45) is 0 Å². The van der Waals surface area contributed by atoms with E-state index in [1.165, 1.54) is 6.07 Å². The molecule has 1 fully saturated rings. The van der Waals surface area contributed by atoms with Crippen LogP contribution < -0.4 is 15.0 Å². The fourth-order valence-corrected chi connectivity index (χ4v) is 4.96. The predicted octanol–water partition coefficient (Wildman–Crippen LogP) is 5.62. The predicted molar refractivity (Wildman–Crippen MR) is 138 cm³/mol. The molecule has 1 saturated heterocycles. The summed E-state index contributed by atoms with van der Waals surface area (Å²) in [6.07, 6.45) is 3.62. The third kappa shape index (κ3) is 4.20. The number of nitro benzene ring substituents is 1. The number of hydrogen-bond donors (Lipinski definition) is 1. The Bertz CT molecular complexity index is 1410. The Labute approximate surface area is 211 Å². The molecule has 0 spiro atoms. The van der Waals surface area contributed by atoms with Gasteiger partial charge in [0.25, 0.3) is 5.69 Å². The van der Waals surface area contributed by atoms with Gasteiger partial charge in [-0.15, -0.1) is 0 Å². The summed E-state index contributed by atoms with van der Waals surface area (Å²) in [4.78, 5) is 17.6. The van der Waals surface area contributed by atoms with Crippen LogP contribution in [0.1, 0.15) is 23.5 Å². The SMILES string of the molecule is COc1ccc(N2C(=S)N[C@H](c3ccccn3)[C@H]2c2cccn2-c2cccc([N+](=O)[O-])c2)cc1Cl. The molecule has 1 N–H and O–H groups in total. The van der Waals surface area contributed by atoms with Gasteiger partial charge in [0, 0.05) is 35.9 Å². The number of benzene rings is 2. The molecule has 2 aromatic carbocycles. The maximum atomic E-state index is 11.4. The number of nitro groups is 1. The third-order valence-corrected chi connectivity index (χ3v) is 6.52. The topological polar surface area (TPSA) is 85.5 Å². The molecule has 10 heteroatoms. The van der Waals surface area contributed by atoms with E-state index >= 15 is 0 Å². The van der Waals surface area contributed by atoms with Gasteiger partial charge in [0.15, 0.2) is 5.11 Å². The van der Waals surface area contributed by atoms with Crippen LogP contribution in [0, 0.1) is 10.1 Å². The van der Waals surface area contributed by atoms with Gasteiger partial charge in [-0.25, -0.2) is 0 Å². The molecular weight excluding hydrogens is 486 g/mol. The van der Waals surface area contributed by atoms with Crippen LogP contribution in [0.3, 0.4) is 0 Å². The van der Waals surface area contributed by atoms with Crippen molar-refractivity contribution in [3.8, 4) is 11.4 Å². The summed E-state index contributed by atoms with van der Waals surface area (Å²) in [5.74, 6) is 0.561. The number of ether oxygens (including phenoxy) is 1. The maximum absolute atomic E-state index is 11.4. The van der Waals surface area contributed by atoms with Crippen molar-refractivity contribution in [3.05, 3.63) is 112 Å². The molecule has 0 amide bonds. The molecule has 0 unspecified atom stereocenters. The van der Waals surface area contributed by atoms with Crippen LogP contribution in [-0.2, 0) is 0 Å². The standard InChI is InChI=1S/C25H20ClN5O3S/c1-34-22-11-10-17(15-19(22)26)30-24(23(28-25(30)35)20-8-2-3-12-27-20)21-9-5-13-29(21)16-6-4-7-18(14-16)31(32)33/h2-15,23-24H,1H3,(H,28,35)/t23-,24-/m1/s1. The lowest BCUT2D eigenvalue weighted by Gasteiger charge is -2.29. The van der Waals surface area contributed by atoms with Gasteiger partial charge in [-0.05, 0) is 60.7 Å². The van der Waals surface area contributed by atoms with Crippen molar-refractivity contribution < 1.29 is 9.66 Å². The van der Waals surface area contributed by atoms with Crippen LogP contribution in [0.5, 0.6) is 5.75 Å². The van der Waals surface area contributed by atoms with Gasteiger partial charge in [-0.3, -0.25) is 15.1 Å². The first kappa shape index (κ1) is 22.8. The van der Waals surface area contributed by atoms with Crippen LogP contribution in [0.25, 0.3) is 5.69 Å². The van der Waals surface area contributed by atoms with E-state index in [0.717, 1.165) is 17.1 Å². The number of anilines is 1. The van der Waals surface area contributed by atoms with Crippen LogP contribution >= 0.6 is 23.8 Å². The second-order valence-corrected chi connectivity index (χ2v) is 8.69. The summed E-state index contributed by atoms with van der Waals surface area (Å²) in [5, 5.41) is 15.8. The zero-order valence-electron chi connectivity index (χ0n) is 18.5. The number of hydrogen-bond acceptors (Lipinski definition) is 5. The number of pyridine rings is 1. The Balaban J connectivity index is 1.67. The zero-order chi connectivity index (χ0) is 24.5. The van der Waals surface area contributed by atoms with Gasteiger partial charge in [0.1, 0.15) is 11.8 Å². The quantitative estimate of drug-likeness (QED) is 0.207. The summed E-state index contributed by atoms with van der Waals surface area (Å²) in [7, 11) is 1.56. The highest BCUT2D eigenvalue weighted by Crippen LogP contribution is 2.43. The van der Waals surface area contributed by atoms with Gasteiger partial charge in [-0.1, -0.05) is 23.7 Å². The van der Waals surface area contributed by atoms with E-state index in [4.69, 9.17) is 28.6 Å². The van der Waals surface area contributed by atoms with Gasteiger partial charge < -0.3 is 19.5 Å². The molecule has 1 aliphatic rings. The molecule has 176 valence electrons. The molecule has 0 bridgehead atoms. The summed E-state index contributed by atoms with van der Waals surface area (Å²) in [6, 6.07) is 21.0. The fraction of sp³-hybridized carbons (Fsp3) is 0.120. The number of aromatic nitrogens is 2. The van der Waals surface area contributed by atoms with E-state index in [1.807, 2.05) is 64.2 Å². The Kier molecular flexibility index (Phi) is 6.10. The zero-order valence-corrected chi connectivity index (χ0v) is 20.1. The molecule has 0 saturated carbocycles. The summed E-state index contributed by atoms with van der Waals surface area (Å²) in [6.45, 7) is 0. The van der Waals surface area contributed by atoms with Gasteiger partial charge in [-0.2, -0.15) is 0 Å². The largest absolute Gasteiger partial charge is 0.495 e. The molecule has 0 aliphatic carbocycles. The lowest BCUT2D eigenvalue weighted by molar-refractivity contribution is -0.384. The van der Waals surface area contributed by atoms with E-state index in [0.29, 0.717) is 21.6 Å². The molecule has 2 aromatic heterocycles. The molecule has 1 aliphatic heterocycles. The molecule has 8 nitrogen and oxygen atoms in total. The molecule has 3 heterocycles. The highest BCUT2D eigenvalue weighted by Gasteiger charge is 2.42. The normalized spacial score (nSPS) is 17.3. The molecule has 5 rings (SSSR count). The Hall–Kier alpha value is -3.95. The molecule has 2 atom stereocenters. The van der Waals surface area contributed by atoms with Gasteiger partial charge in [0.2, 0.25) is 0 Å². The maximum Gasteiger partial charge on any atom is 0.271 e. The monoisotopic (exact) mass is 505 g/mol. The number of nitrogens with one attached hydrogen (secondary N) is 1. The minimum atomic E-state index is -0.402. The van der Waals surface area contributed by atoms with Crippen LogP contribution in [-0.4, -0.2) is 26.7 Å². The van der Waals surface area contributed by atoms with Crippen molar-refractivity contribution in [2.45, 2.75) is 12.1 Å². The Morgan fingerprint density at radius 1 is 1.09 bits per heavy atom. The van der Waals surface area contributed by atoms with E-state index in [-0.39, 0.29) is 17.8 Å². The minimum absolute atomic E-state index is 0.0160. The van der Waals surface area contributed by atoms with Crippen LogP contribution in [0.2, 0.25) is 5.02 Å². The highest BCUT2D eigenvalue weighted by molar-refractivity contribution is 7.80. The first-order chi connectivity index (χ1) is 17.0. The summed E-state index contributed by atoms with van der Waals surface area (Å²) < 4.78 is 7.25. The first-order valence-corrected chi connectivity index (χ1v) is 11.5. The molecule has 35 heavy (non-hydrogen) atoms. The lowest BCUT2D eigenvalue weighted by Crippen LogP contribution is -2.30. The Morgan fingerprint density at radius 3 is 2.66 bits per heavy atom. The summed E-state index contributed by atoms with van der Waals surface area (Å²) >= 11 is 12.2. The number of methoxy groups -OCH3 is 1. The van der Waals surface area contributed by atoms with Crippen molar-refractivity contribution >= 4 is 40.3 Å². The third-order valence-electron chi connectivity index (χ3n) is 5.91. The average Bonchev–Trinajstić information content (AvgIpc) is 3.49. The number of non-ortho nitro benzene ring substituents is 1. The average molecular weight is 506 g/mol.